The molecule has 0 aromatic heterocycles. The number of nitrogens with zero attached hydrogens (tertiary/aromatic N) is 2. The van der Waals surface area contributed by atoms with Crippen LogP contribution in [0.4, 0.5) is 0 Å². The maximum Gasteiger partial charge on any atom is 0.276 e. The van der Waals surface area contributed by atoms with Gasteiger partial charge in [0.05, 0.1) is 10.2 Å². The Morgan fingerprint density at radius 2 is 1.97 bits per heavy atom. The van der Waals surface area contributed by atoms with Crippen molar-refractivity contribution in [3.8, 4) is 11.5 Å². The number of likely N-dealkylation sites (N-methyl/N-ethyl adjacent to an activating group) is 2. The van der Waals surface area contributed by atoms with Gasteiger partial charge in [-0.25, -0.2) is 0 Å². The molecule has 1 saturated heterocycles. The van der Waals surface area contributed by atoms with Gasteiger partial charge in [0.2, 0.25) is 0 Å². The Kier molecular flexibility index (Phi) is 7.60. The van der Waals surface area contributed by atoms with Gasteiger partial charge >= 0.3 is 0 Å². The van der Waals surface area contributed by atoms with Gasteiger partial charge in [0.1, 0.15) is 12.3 Å². The van der Waals surface area contributed by atoms with Gasteiger partial charge in [0, 0.05) is 18.6 Å². The average Bonchev–Trinajstić information content (AvgIpc) is 2.90. The predicted octanol–water partition coefficient (Wildman–Crippen LogP) is 5.34. The van der Waals surface area contributed by atoms with Crippen LogP contribution in [0.5, 0.6) is 11.5 Å². The zero-order valence-electron chi connectivity index (χ0n) is 16.9. The highest BCUT2D eigenvalue weighted by molar-refractivity contribution is 14.1. The molecule has 1 amide bonds. The van der Waals surface area contributed by atoms with Gasteiger partial charge in [-0.1, -0.05) is 23.7 Å². The highest BCUT2D eigenvalue weighted by Gasteiger charge is 2.34. The number of carbonyl (C=O) groups excluding carboxylic acids is 1. The van der Waals surface area contributed by atoms with Crippen LogP contribution in [0.1, 0.15) is 25.0 Å². The maximum absolute atomic E-state index is 12.7. The van der Waals surface area contributed by atoms with Gasteiger partial charge in [-0.15, -0.1) is 0 Å². The van der Waals surface area contributed by atoms with Crippen molar-refractivity contribution in [3.63, 3.8) is 0 Å². The predicted molar refractivity (Wildman–Crippen MR) is 132 cm³/mol. The molecule has 3 rings (SSSR count). The molecule has 5 nitrogen and oxygen atoms in total. The van der Waals surface area contributed by atoms with E-state index in [1.54, 1.807) is 16.8 Å². The molecule has 0 aliphatic carbocycles. The molecule has 0 radical (unpaired) electrons. The zero-order chi connectivity index (χ0) is 21.8. The number of ether oxygens (including phenoxy) is 2. The van der Waals surface area contributed by atoms with E-state index >= 15 is 0 Å². The first-order chi connectivity index (χ1) is 14.3. The molecule has 0 bridgehead atoms. The fourth-order valence-electron chi connectivity index (χ4n) is 3.10. The molecule has 8 heteroatoms. The van der Waals surface area contributed by atoms with Crippen LogP contribution in [-0.4, -0.2) is 41.0 Å². The Balaban J connectivity index is 1.91. The average molecular weight is 557 g/mol. The van der Waals surface area contributed by atoms with Crippen LogP contribution in [0.2, 0.25) is 5.02 Å². The molecule has 0 unspecified atom stereocenters. The monoisotopic (exact) mass is 556 g/mol. The normalized spacial score (nSPS) is 15.3. The van der Waals surface area contributed by atoms with E-state index in [0.29, 0.717) is 47.1 Å². The van der Waals surface area contributed by atoms with Gasteiger partial charge in [-0.2, -0.15) is 0 Å². The van der Waals surface area contributed by atoms with Gasteiger partial charge in [0.25, 0.3) is 5.91 Å². The highest BCUT2D eigenvalue weighted by Crippen LogP contribution is 2.36. The summed E-state index contributed by atoms with van der Waals surface area (Å²) in [6, 6.07) is 11.4. The summed E-state index contributed by atoms with van der Waals surface area (Å²) in [7, 11) is 1.80. The maximum atomic E-state index is 12.7. The Labute approximate surface area is 200 Å². The number of carbonyl (C=O) groups is 1. The van der Waals surface area contributed by atoms with Crippen molar-refractivity contribution in [2.75, 3.05) is 20.2 Å². The van der Waals surface area contributed by atoms with Crippen LogP contribution in [0.3, 0.4) is 0 Å². The number of hydrogen-bond donors (Lipinski definition) is 0. The zero-order valence-corrected chi connectivity index (χ0v) is 20.7. The Morgan fingerprint density at radius 3 is 2.60 bits per heavy atom. The summed E-state index contributed by atoms with van der Waals surface area (Å²) in [5, 5.41) is 1.18. The van der Waals surface area contributed by atoms with Gasteiger partial charge in [0.15, 0.2) is 16.6 Å². The second-order valence-corrected chi connectivity index (χ2v) is 8.57. The lowest BCUT2D eigenvalue weighted by Gasteiger charge is -2.16. The Bertz CT molecular complexity index is 1010. The molecule has 2 aromatic carbocycles. The minimum absolute atomic E-state index is 0.0979. The second kappa shape index (κ2) is 9.98. The van der Waals surface area contributed by atoms with E-state index in [9.17, 15) is 4.79 Å². The Morgan fingerprint density at radius 1 is 1.20 bits per heavy atom. The summed E-state index contributed by atoms with van der Waals surface area (Å²) in [6.45, 7) is 5.24. The summed E-state index contributed by atoms with van der Waals surface area (Å²) < 4.78 is 12.8. The standard InChI is InChI=1S/C22H22ClIN2O3S/c1-4-26-21(27)18(25(3)22(26)30)11-15-10-17(24)20(19(12-15)28-5-2)29-13-14-7-6-8-16(23)9-14/h6-12H,4-5,13H2,1-3H3/b18-11-. The molecule has 0 spiro atoms. The number of benzene rings is 2. The number of hydrogen-bond acceptors (Lipinski definition) is 4. The van der Waals surface area contributed by atoms with E-state index in [2.05, 4.69) is 22.6 Å². The first-order valence-electron chi connectivity index (χ1n) is 9.50. The summed E-state index contributed by atoms with van der Waals surface area (Å²) in [5.41, 5.74) is 2.35. The van der Waals surface area contributed by atoms with Crippen molar-refractivity contribution >= 4 is 63.5 Å². The van der Waals surface area contributed by atoms with Crippen molar-refractivity contribution in [1.82, 2.24) is 9.80 Å². The second-order valence-electron chi connectivity index (χ2n) is 6.60. The lowest BCUT2D eigenvalue weighted by Crippen LogP contribution is -2.30. The van der Waals surface area contributed by atoms with Crippen LogP contribution in [0.15, 0.2) is 42.1 Å². The van der Waals surface area contributed by atoms with E-state index in [-0.39, 0.29) is 5.91 Å². The van der Waals surface area contributed by atoms with Crippen molar-refractivity contribution < 1.29 is 14.3 Å². The lowest BCUT2D eigenvalue weighted by molar-refractivity contribution is -0.122. The summed E-state index contributed by atoms with van der Waals surface area (Å²) in [4.78, 5) is 16.0. The molecular weight excluding hydrogens is 535 g/mol. The van der Waals surface area contributed by atoms with E-state index in [4.69, 9.17) is 33.3 Å². The summed E-state index contributed by atoms with van der Waals surface area (Å²) >= 11 is 13.7. The third-order valence-corrected chi connectivity index (χ3v) is 6.10. The molecule has 1 aliphatic heterocycles. The minimum atomic E-state index is -0.0979. The number of rotatable bonds is 7. The van der Waals surface area contributed by atoms with Gasteiger partial charge in [-0.3, -0.25) is 9.69 Å². The Hall–Kier alpha value is -1.84. The van der Waals surface area contributed by atoms with E-state index in [1.165, 1.54) is 0 Å². The molecule has 1 fully saturated rings. The fourth-order valence-corrected chi connectivity index (χ4v) is 4.41. The van der Waals surface area contributed by atoms with Gasteiger partial charge in [-0.05, 0) is 90.1 Å². The molecule has 2 aromatic rings. The van der Waals surface area contributed by atoms with Crippen LogP contribution >= 0.6 is 46.4 Å². The van der Waals surface area contributed by atoms with Gasteiger partial charge < -0.3 is 14.4 Å². The van der Waals surface area contributed by atoms with Crippen molar-refractivity contribution in [2.45, 2.75) is 20.5 Å². The van der Waals surface area contributed by atoms with Crippen molar-refractivity contribution in [3.05, 3.63) is 61.8 Å². The first kappa shape index (κ1) is 22.8. The highest BCUT2D eigenvalue weighted by atomic mass is 127. The van der Waals surface area contributed by atoms with Crippen molar-refractivity contribution in [2.24, 2.45) is 0 Å². The van der Waals surface area contributed by atoms with Crippen LogP contribution in [0.25, 0.3) is 6.08 Å². The lowest BCUT2D eigenvalue weighted by atomic mass is 10.1. The van der Waals surface area contributed by atoms with E-state index in [1.807, 2.05) is 56.3 Å². The third kappa shape index (κ3) is 4.90. The van der Waals surface area contributed by atoms with Crippen molar-refractivity contribution in [1.29, 1.82) is 0 Å². The molecule has 30 heavy (non-hydrogen) atoms. The van der Waals surface area contributed by atoms with E-state index < -0.39 is 0 Å². The smallest absolute Gasteiger partial charge is 0.276 e. The SMILES string of the molecule is CCOc1cc(/C=C2/C(=O)N(CC)C(=S)N2C)cc(I)c1OCc1cccc(Cl)c1. The first-order valence-corrected chi connectivity index (χ1v) is 11.4. The number of halogens is 2. The molecule has 0 atom stereocenters. The number of thiocarbonyl (C=S) groups is 1. The minimum Gasteiger partial charge on any atom is -0.490 e. The van der Waals surface area contributed by atoms with Crippen LogP contribution < -0.4 is 9.47 Å². The van der Waals surface area contributed by atoms with Crippen LogP contribution in [0, 0.1) is 3.57 Å². The molecule has 158 valence electrons. The quantitative estimate of drug-likeness (QED) is 0.262. The van der Waals surface area contributed by atoms with E-state index in [0.717, 1.165) is 14.7 Å². The summed E-state index contributed by atoms with van der Waals surface area (Å²) in [6.07, 6.45) is 1.83. The largest absolute Gasteiger partial charge is 0.490 e. The molecule has 1 heterocycles. The molecule has 0 N–H and O–H groups in total. The topological polar surface area (TPSA) is 42.0 Å². The molecule has 1 aliphatic rings. The molecule has 0 saturated carbocycles. The number of amides is 1. The summed E-state index contributed by atoms with van der Waals surface area (Å²) in [5.74, 6) is 1.19. The third-order valence-electron chi connectivity index (χ3n) is 4.57. The van der Waals surface area contributed by atoms with Crippen LogP contribution in [-0.2, 0) is 11.4 Å². The fraction of sp³-hybridized carbons (Fsp3) is 0.273. The molecular formula is C22H22ClIN2O3S.